The molecule has 1 heterocycles. The van der Waals surface area contributed by atoms with E-state index in [0.717, 1.165) is 32.5 Å². The second-order valence-corrected chi connectivity index (χ2v) is 6.24. The Kier molecular flexibility index (Phi) is 6.26. The number of piperidine rings is 1. The average Bonchev–Trinajstić information content (AvgIpc) is 2.35. The van der Waals surface area contributed by atoms with Crippen LogP contribution in [0.2, 0.25) is 0 Å². The van der Waals surface area contributed by atoms with Crippen molar-refractivity contribution in [2.75, 3.05) is 33.2 Å². The normalized spacial score (nSPS) is 16.9. The van der Waals surface area contributed by atoms with Gasteiger partial charge >= 0.3 is 6.09 Å². The molecule has 6 heteroatoms. The summed E-state index contributed by atoms with van der Waals surface area (Å²) in [7, 11) is 1.95. The van der Waals surface area contributed by atoms with Crippen LogP contribution in [0.4, 0.5) is 4.79 Å². The lowest BCUT2D eigenvalue weighted by Gasteiger charge is -2.32. The molecule has 0 saturated carbocycles. The molecule has 0 bridgehead atoms. The molecule has 0 aliphatic carbocycles. The minimum Gasteiger partial charge on any atom is -0.444 e. The van der Waals surface area contributed by atoms with Crippen molar-refractivity contribution in [3.05, 3.63) is 0 Å². The van der Waals surface area contributed by atoms with E-state index in [4.69, 9.17) is 4.74 Å². The van der Waals surface area contributed by atoms with Crippen molar-refractivity contribution < 1.29 is 14.3 Å². The molecule has 0 radical (unpaired) electrons. The van der Waals surface area contributed by atoms with Crippen LogP contribution in [-0.4, -0.2) is 55.7 Å². The van der Waals surface area contributed by atoms with Gasteiger partial charge < -0.3 is 20.3 Å². The fraction of sp³-hybridized carbons (Fsp3) is 0.857. The number of rotatable bonds is 4. The van der Waals surface area contributed by atoms with E-state index in [0.29, 0.717) is 5.92 Å². The lowest BCUT2D eigenvalue weighted by atomic mass is 9.97. The first-order chi connectivity index (χ1) is 9.31. The molecule has 2 N–H and O–H groups in total. The second-order valence-electron chi connectivity index (χ2n) is 6.24. The molecule has 0 spiro atoms. The van der Waals surface area contributed by atoms with Crippen molar-refractivity contribution in [1.29, 1.82) is 0 Å². The summed E-state index contributed by atoms with van der Waals surface area (Å²) in [5.41, 5.74) is -0.543. The minimum atomic E-state index is -0.545. The summed E-state index contributed by atoms with van der Waals surface area (Å²) < 4.78 is 5.10. The number of amides is 2. The monoisotopic (exact) mass is 285 g/mol. The van der Waals surface area contributed by atoms with Gasteiger partial charge in [-0.2, -0.15) is 0 Å². The fourth-order valence-electron chi connectivity index (χ4n) is 2.25. The van der Waals surface area contributed by atoms with Crippen molar-refractivity contribution in [2.45, 2.75) is 39.2 Å². The van der Waals surface area contributed by atoms with Crippen LogP contribution in [0.3, 0.4) is 0 Å². The van der Waals surface area contributed by atoms with Gasteiger partial charge in [-0.25, -0.2) is 4.79 Å². The van der Waals surface area contributed by atoms with Gasteiger partial charge in [-0.05, 0) is 53.1 Å². The molecular formula is C14H27N3O3. The second kappa shape index (κ2) is 7.47. The molecule has 0 aromatic carbocycles. The van der Waals surface area contributed by atoms with Crippen LogP contribution in [0.15, 0.2) is 0 Å². The highest BCUT2D eigenvalue weighted by Gasteiger charge is 2.23. The first-order valence-electron chi connectivity index (χ1n) is 7.21. The highest BCUT2D eigenvalue weighted by atomic mass is 16.6. The number of carbonyl (C=O) groups excluding carboxylic acids is 2. The zero-order valence-electron chi connectivity index (χ0n) is 13.0. The van der Waals surface area contributed by atoms with Crippen molar-refractivity contribution in [3.8, 4) is 0 Å². The molecule has 0 unspecified atom stereocenters. The van der Waals surface area contributed by atoms with Crippen molar-refractivity contribution in [2.24, 2.45) is 5.92 Å². The Morgan fingerprint density at radius 1 is 1.25 bits per heavy atom. The van der Waals surface area contributed by atoms with Crippen molar-refractivity contribution in [3.63, 3.8) is 0 Å². The maximum absolute atomic E-state index is 12.0. The molecule has 116 valence electrons. The van der Waals surface area contributed by atoms with E-state index in [2.05, 4.69) is 10.6 Å². The van der Waals surface area contributed by atoms with Crippen molar-refractivity contribution >= 4 is 12.0 Å². The first kappa shape index (κ1) is 16.8. The van der Waals surface area contributed by atoms with Gasteiger partial charge in [-0.15, -0.1) is 0 Å². The number of nitrogens with one attached hydrogen (secondary N) is 2. The van der Waals surface area contributed by atoms with Gasteiger partial charge in [-0.3, -0.25) is 4.79 Å². The van der Waals surface area contributed by atoms with Crippen LogP contribution in [0.25, 0.3) is 0 Å². The lowest BCUT2D eigenvalue weighted by Crippen LogP contribution is -2.45. The number of ether oxygens (including phenoxy) is 1. The Morgan fingerprint density at radius 3 is 2.35 bits per heavy atom. The largest absolute Gasteiger partial charge is 0.444 e. The summed E-state index contributed by atoms with van der Waals surface area (Å²) in [5, 5.41) is 5.67. The number of hydrogen-bond donors (Lipinski definition) is 2. The topological polar surface area (TPSA) is 70.7 Å². The molecule has 1 saturated heterocycles. The predicted molar refractivity (Wildman–Crippen MR) is 77.5 cm³/mol. The van der Waals surface area contributed by atoms with Gasteiger partial charge in [0.1, 0.15) is 12.1 Å². The highest BCUT2D eigenvalue weighted by Crippen LogP contribution is 2.16. The lowest BCUT2D eigenvalue weighted by molar-refractivity contribution is -0.131. The van der Waals surface area contributed by atoms with E-state index < -0.39 is 11.7 Å². The zero-order valence-corrected chi connectivity index (χ0v) is 13.0. The van der Waals surface area contributed by atoms with Crippen LogP contribution in [0.1, 0.15) is 33.6 Å². The number of alkyl carbamates (subject to hydrolysis) is 1. The van der Waals surface area contributed by atoms with E-state index in [1.807, 2.05) is 11.9 Å². The Bertz CT molecular complexity index is 331. The standard InChI is InChI=1S/C14H27N3O3/c1-14(2,3)20-13(19)16-10-12(18)17-7-5-11(6-8-17)9-15-4/h11,15H,5-10H2,1-4H3,(H,16,19). The zero-order chi connectivity index (χ0) is 15.2. The molecule has 0 aromatic rings. The molecule has 6 nitrogen and oxygen atoms in total. The van der Waals surface area contributed by atoms with E-state index in [-0.39, 0.29) is 12.5 Å². The van der Waals surface area contributed by atoms with E-state index >= 15 is 0 Å². The Labute approximate surface area is 121 Å². The van der Waals surface area contributed by atoms with Crippen LogP contribution in [0, 0.1) is 5.92 Å². The molecule has 1 rings (SSSR count). The van der Waals surface area contributed by atoms with Gasteiger partial charge in [0.05, 0.1) is 0 Å². The summed E-state index contributed by atoms with van der Waals surface area (Å²) in [4.78, 5) is 25.3. The number of hydrogen-bond acceptors (Lipinski definition) is 4. The molecule has 1 aliphatic heterocycles. The summed E-state index contributed by atoms with van der Waals surface area (Å²) in [5.74, 6) is 0.599. The molecule has 1 aliphatic rings. The molecule has 2 amide bonds. The molecule has 0 atom stereocenters. The number of nitrogens with zero attached hydrogens (tertiary/aromatic N) is 1. The van der Waals surface area contributed by atoms with Gasteiger partial charge in [0.2, 0.25) is 5.91 Å². The highest BCUT2D eigenvalue weighted by molar-refractivity contribution is 5.82. The van der Waals surface area contributed by atoms with E-state index in [9.17, 15) is 9.59 Å². The van der Waals surface area contributed by atoms with Crippen LogP contribution in [-0.2, 0) is 9.53 Å². The maximum Gasteiger partial charge on any atom is 0.408 e. The molecule has 1 fully saturated rings. The number of carbonyl (C=O) groups is 2. The summed E-state index contributed by atoms with van der Waals surface area (Å²) in [6, 6.07) is 0. The third-order valence-electron chi connectivity index (χ3n) is 3.24. The van der Waals surface area contributed by atoms with Gasteiger partial charge in [0.15, 0.2) is 0 Å². The molecular weight excluding hydrogens is 258 g/mol. The van der Waals surface area contributed by atoms with Crippen molar-refractivity contribution in [1.82, 2.24) is 15.5 Å². The Morgan fingerprint density at radius 2 is 1.85 bits per heavy atom. The fourth-order valence-corrected chi connectivity index (χ4v) is 2.25. The number of likely N-dealkylation sites (tertiary alicyclic amines) is 1. The van der Waals surface area contributed by atoms with E-state index in [1.54, 1.807) is 20.8 Å². The predicted octanol–water partition coefficient (Wildman–Crippen LogP) is 0.969. The average molecular weight is 285 g/mol. The Balaban J connectivity index is 2.25. The maximum atomic E-state index is 12.0. The summed E-state index contributed by atoms with van der Waals surface area (Å²) in [6.07, 6.45) is 1.48. The van der Waals surface area contributed by atoms with Crippen LogP contribution in [0.5, 0.6) is 0 Å². The smallest absolute Gasteiger partial charge is 0.408 e. The van der Waals surface area contributed by atoms with Crippen LogP contribution >= 0.6 is 0 Å². The summed E-state index contributed by atoms with van der Waals surface area (Å²) >= 11 is 0. The third-order valence-corrected chi connectivity index (χ3v) is 3.24. The first-order valence-corrected chi connectivity index (χ1v) is 7.21. The third kappa shape index (κ3) is 6.23. The SMILES string of the molecule is CNCC1CCN(C(=O)CNC(=O)OC(C)(C)C)CC1. The molecule has 0 aromatic heterocycles. The van der Waals surface area contributed by atoms with Crippen LogP contribution < -0.4 is 10.6 Å². The van der Waals surface area contributed by atoms with E-state index in [1.165, 1.54) is 0 Å². The Hall–Kier alpha value is -1.30. The van der Waals surface area contributed by atoms with Gasteiger partial charge in [0.25, 0.3) is 0 Å². The van der Waals surface area contributed by atoms with Gasteiger partial charge in [-0.1, -0.05) is 0 Å². The summed E-state index contributed by atoms with van der Waals surface area (Å²) in [6.45, 7) is 7.91. The molecule has 20 heavy (non-hydrogen) atoms. The quantitative estimate of drug-likeness (QED) is 0.807. The van der Waals surface area contributed by atoms with Gasteiger partial charge in [0, 0.05) is 13.1 Å². The minimum absolute atomic E-state index is 0.00556.